The maximum atomic E-state index is 13.2. The molecule has 4 nitrogen and oxygen atoms in total. The van der Waals surface area contributed by atoms with Crippen molar-refractivity contribution in [2.24, 2.45) is 0 Å². The summed E-state index contributed by atoms with van der Waals surface area (Å²) in [5, 5.41) is 0. The van der Waals surface area contributed by atoms with Gasteiger partial charge < -0.3 is 4.90 Å². The Bertz CT molecular complexity index is 1050. The van der Waals surface area contributed by atoms with Crippen molar-refractivity contribution in [3.63, 3.8) is 0 Å². The van der Waals surface area contributed by atoms with E-state index in [1.807, 2.05) is 101 Å². The minimum atomic E-state index is -0.391. The number of carbonyl (C=O) groups excluding carboxylic acids is 2. The van der Waals surface area contributed by atoms with Gasteiger partial charge in [-0.1, -0.05) is 90.7 Å². The molecule has 1 aliphatic heterocycles. The molecule has 0 bridgehead atoms. The molecule has 0 aliphatic carbocycles. The average Bonchev–Trinajstić information content (AvgIpc) is 2.99. The number of rotatable bonds is 6. The van der Waals surface area contributed by atoms with Crippen LogP contribution in [-0.2, 0) is 16.1 Å². The van der Waals surface area contributed by atoms with Crippen molar-refractivity contribution in [1.29, 1.82) is 0 Å². The van der Waals surface area contributed by atoms with Crippen LogP contribution in [0.4, 0.5) is 0 Å². The second-order valence-corrected chi connectivity index (χ2v) is 10.4. The smallest absolute Gasteiger partial charge is 0.266 e. The van der Waals surface area contributed by atoms with Crippen LogP contribution in [0.1, 0.15) is 38.8 Å². The van der Waals surface area contributed by atoms with Gasteiger partial charge in [-0.2, -0.15) is 0 Å². The zero-order chi connectivity index (χ0) is 23.3. The van der Waals surface area contributed by atoms with Crippen LogP contribution in [0.3, 0.4) is 0 Å². The summed E-state index contributed by atoms with van der Waals surface area (Å²) in [6, 6.07) is 19.8. The fourth-order valence-corrected chi connectivity index (χ4v) is 4.69. The fraction of sp³-hybridized carbons (Fsp3) is 0.269. The van der Waals surface area contributed by atoms with Gasteiger partial charge in [0.1, 0.15) is 10.9 Å². The largest absolute Gasteiger partial charge is 0.332 e. The summed E-state index contributed by atoms with van der Waals surface area (Å²) in [5.41, 5.74) is 2.66. The molecule has 6 heteroatoms. The van der Waals surface area contributed by atoms with Gasteiger partial charge in [0.2, 0.25) is 5.91 Å². The van der Waals surface area contributed by atoms with Crippen molar-refractivity contribution in [3.8, 4) is 0 Å². The Hall–Kier alpha value is -2.70. The Labute approximate surface area is 200 Å². The highest BCUT2D eigenvalue weighted by Gasteiger charge is 2.36. The van der Waals surface area contributed by atoms with Crippen molar-refractivity contribution in [3.05, 3.63) is 88.3 Å². The van der Waals surface area contributed by atoms with E-state index in [4.69, 9.17) is 12.2 Å². The highest BCUT2D eigenvalue weighted by Crippen LogP contribution is 2.32. The third kappa shape index (κ3) is 6.17. The molecule has 2 aromatic carbocycles. The summed E-state index contributed by atoms with van der Waals surface area (Å²) in [4.78, 5) is 30.0. The van der Waals surface area contributed by atoms with Gasteiger partial charge in [0.15, 0.2) is 0 Å². The maximum absolute atomic E-state index is 13.2. The minimum Gasteiger partial charge on any atom is -0.332 e. The van der Waals surface area contributed by atoms with Gasteiger partial charge in [-0.05, 0) is 50.5 Å². The molecule has 0 atom stereocenters. The maximum Gasteiger partial charge on any atom is 0.266 e. The van der Waals surface area contributed by atoms with Crippen molar-refractivity contribution < 1.29 is 9.59 Å². The van der Waals surface area contributed by atoms with E-state index in [2.05, 4.69) is 0 Å². The standard InChI is InChI=1S/C26H28N2O2S2/c1-19(15-20-11-7-5-8-12-20)16-22-24(30)27(25(31)32-22)18-23(29)28(26(2,3)4)17-21-13-9-6-10-14-21/h5-16H,17-18H2,1-4H3/b19-15+,22-16-. The lowest BCUT2D eigenvalue weighted by Gasteiger charge is -2.36. The number of nitrogens with zero attached hydrogens (tertiary/aromatic N) is 2. The van der Waals surface area contributed by atoms with E-state index in [0.717, 1.165) is 16.7 Å². The molecule has 0 saturated carbocycles. The molecule has 0 N–H and O–H groups in total. The second-order valence-electron chi connectivity index (χ2n) is 8.70. The lowest BCUT2D eigenvalue weighted by molar-refractivity contribution is -0.140. The SMILES string of the molecule is CC(/C=C1\SC(=S)N(CC(=O)N(Cc2ccccc2)C(C)(C)C)C1=O)=C\c1ccccc1. The zero-order valence-corrected chi connectivity index (χ0v) is 20.5. The number of carbonyl (C=O) groups is 2. The molecule has 0 radical (unpaired) electrons. The van der Waals surface area contributed by atoms with Crippen molar-refractivity contribution >= 4 is 46.2 Å². The first-order chi connectivity index (χ1) is 15.1. The molecule has 2 amide bonds. The summed E-state index contributed by atoms with van der Waals surface area (Å²) in [6.07, 6.45) is 3.85. The van der Waals surface area contributed by atoms with Crippen LogP contribution in [0.15, 0.2) is 77.2 Å². The summed E-state index contributed by atoms with van der Waals surface area (Å²) in [6.45, 7) is 8.35. The first-order valence-corrected chi connectivity index (χ1v) is 11.7. The molecular formula is C26H28N2O2S2. The van der Waals surface area contributed by atoms with E-state index in [-0.39, 0.29) is 18.4 Å². The van der Waals surface area contributed by atoms with Crippen LogP contribution >= 0.6 is 24.0 Å². The Balaban J connectivity index is 1.74. The highest BCUT2D eigenvalue weighted by atomic mass is 32.2. The van der Waals surface area contributed by atoms with E-state index in [1.54, 1.807) is 4.90 Å². The van der Waals surface area contributed by atoms with E-state index in [9.17, 15) is 9.59 Å². The molecule has 2 aromatic rings. The first kappa shape index (κ1) is 24.0. The first-order valence-electron chi connectivity index (χ1n) is 10.5. The van der Waals surface area contributed by atoms with Crippen LogP contribution in [0.2, 0.25) is 0 Å². The number of thiocarbonyl (C=S) groups is 1. The van der Waals surface area contributed by atoms with E-state index in [1.165, 1.54) is 16.7 Å². The molecule has 166 valence electrons. The normalized spacial score (nSPS) is 16.1. The quantitative estimate of drug-likeness (QED) is 0.408. The molecule has 3 rings (SSSR count). The van der Waals surface area contributed by atoms with Gasteiger partial charge in [0.25, 0.3) is 5.91 Å². The topological polar surface area (TPSA) is 40.6 Å². The highest BCUT2D eigenvalue weighted by molar-refractivity contribution is 8.26. The molecular weight excluding hydrogens is 436 g/mol. The van der Waals surface area contributed by atoms with Gasteiger partial charge in [-0.25, -0.2) is 0 Å². The van der Waals surface area contributed by atoms with E-state index in [0.29, 0.717) is 15.8 Å². The Morgan fingerprint density at radius 1 is 1.06 bits per heavy atom. The van der Waals surface area contributed by atoms with Gasteiger partial charge in [-0.15, -0.1) is 0 Å². The molecule has 1 heterocycles. The lowest BCUT2D eigenvalue weighted by Crippen LogP contribution is -2.49. The van der Waals surface area contributed by atoms with Crippen LogP contribution < -0.4 is 0 Å². The van der Waals surface area contributed by atoms with Crippen LogP contribution in [0.5, 0.6) is 0 Å². The second kappa shape index (κ2) is 10.3. The number of hydrogen-bond donors (Lipinski definition) is 0. The third-order valence-electron chi connectivity index (χ3n) is 5.01. The number of amides is 2. The number of benzene rings is 2. The molecule has 1 fully saturated rings. The predicted octanol–water partition coefficient (Wildman–Crippen LogP) is 5.66. The van der Waals surface area contributed by atoms with Gasteiger partial charge in [0.05, 0.1) is 4.91 Å². The number of thioether (sulfide) groups is 1. The van der Waals surface area contributed by atoms with Crippen molar-refractivity contribution in [1.82, 2.24) is 9.80 Å². The summed E-state index contributed by atoms with van der Waals surface area (Å²) in [5.74, 6) is -0.349. The minimum absolute atomic E-state index is 0.0619. The summed E-state index contributed by atoms with van der Waals surface area (Å²) in [7, 11) is 0. The zero-order valence-electron chi connectivity index (χ0n) is 18.9. The molecule has 1 aliphatic rings. The van der Waals surface area contributed by atoms with Crippen molar-refractivity contribution in [2.45, 2.75) is 39.8 Å². The molecule has 32 heavy (non-hydrogen) atoms. The van der Waals surface area contributed by atoms with Crippen molar-refractivity contribution in [2.75, 3.05) is 6.54 Å². The Kier molecular flexibility index (Phi) is 7.69. The number of allylic oxidation sites excluding steroid dienone is 2. The number of hydrogen-bond acceptors (Lipinski definition) is 4. The van der Waals surface area contributed by atoms with Gasteiger partial charge >= 0.3 is 0 Å². The van der Waals surface area contributed by atoms with Crippen LogP contribution in [-0.4, -0.2) is 38.0 Å². The van der Waals surface area contributed by atoms with E-state index < -0.39 is 5.54 Å². The van der Waals surface area contributed by atoms with Gasteiger partial charge in [-0.3, -0.25) is 14.5 Å². The molecule has 1 saturated heterocycles. The summed E-state index contributed by atoms with van der Waals surface area (Å²) >= 11 is 6.69. The van der Waals surface area contributed by atoms with Crippen LogP contribution in [0, 0.1) is 0 Å². The fourth-order valence-electron chi connectivity index (χ4n) is 3.38. The Morgan fingerprint density at radius 3 is 2.25 bits per heavy atom. The Morgan fingerprint density at radius 2 is 1.66 bits per heavy atom. The summed E-state index contributed by atoms with van der Waals surface area (Å²) < 4.78 is 0.413. The molecule has 0 spiro atoms. The predicted molar refractivity (Wildman–Crippen MR) is 137 cm³/mol. The van der Waals surface area contributed by atoms with Crippen LogP contribution in [0.25, 0.3) is 6.08 Å². The van der Waals surface area contributed by atoms with Gasteiger partial charge in [0, 0.05) is 12.1 Å². The average molecular weight is 465 g/mol. The third-order valence-corrected chi connectivity index (χ3v) is 6.39. The lowest BCUT2D eigenvalue weighted by atomic mass is 10.0. The molecule has 0 unspecified atom stereocenters. The molecule has 0 aromatic heterocycles. The van der Waals surface area contributed by atoms with E-state index >= 15 is 0 Å². The monoisotopic (exact) mass is 464 g/mol.